The molecule has 1 aliphatic heterocycles. The molecule has 2 aromatic carbocycles. The van der Waals surface area contributed by atoms with E-state index < -0.39 is 5.91 Å². The molecular formula is C21H20ClNO3. The molecule has 1 N–H and O–H groups in total. The van der Waals surface area contributed by atoms with E-state index in [0.29, 0.717) is 18.0 Å². The van der Waals surface area contributed by atoms with Crippen LogP contribution in [0.15, 0.2) is 54.3 Å². The standard InChI is InChI=1S/C21H20ClNO3/c1-12-9-19-15(10-17(12)22)20(24)16(11-26-19)21(25)23-18-8-4-6-13-5-2-3-7-14(13)18/h2-8,11-12,15,17,19H,9-10H2,1H3,(H,23,25). The van der Waals surface area contributed by atoms with Crippen molar-refractivity contribution < 1.29 is 14.3 Å². The van der Waals surface area contributed by atoms with Crippen LogP contribution in [0.4, 0.5) is 5.69 Å². The summed E-state index contributed by atoms with van der Waals surface area (Å²) in [6, 6.07) is 13.5. The Labute approximate surface area is 157 Å². The highest BCUT2D eigenvalue weighted by Gasteiger charge is 2.43. The summed E-state index contributed by atoms with van der Waals surface area (Å²) in [4.78, 5) is 25.6. The van der Waals surface area contributed by atoms with Crippen molar-refractivity contribution in [3.63, 3.8) is 0 Å². The summed E-state index contributed by atoms with van der Waals surface area (Å²) in [5.74, 6) is -0.650. The molecule has 1 fully saturated rings. The molecule has 134 valence electrons. The number of rotatable bonds is 2. The third kappa shape index (κ3) is 2.99. The van der Waals surface area contributed by atoms with Crippen molar-refractivity contribution in [1.82, 2.24) is 0 Å². The Kier molecular flexibility index (Phi) is 4.45. The summed E-state index contributed by atoms with van der Waals surface area (Å²) in [5, 5.41) is 4.75. The van der Waals surface area contributed by atoms with Crippen LogP contribution in [0.2, 0.25) is 0 Å². The van der Waals surface area contributed by atoms with Crippen LogP contribution < -0.4 is 5.32 Å². The Morgan fingerprint density at radius 3 is 2.77 bits per heavy atom. The highest BCUT2D eigenvalue weighted by Crippen LogP contribution is 2.38. The van der Waals surface area contributed by atoms with E-state index in [4.69, 9.17) is 16.3 Å². The molecule has 1 aliphatic carbocycles. The maximum Gasteiger partial charge on any atom is 0.262 e. The Morgan fingerprint density at radius 2 is 1.92 bits per heavy atom. The monoisotopic (exact) mass is 369 g/mol. The van der Waals surface area contributed by atoms with Crippen molar-refractivity contribution in [2.45, 2.75) is 31.2 Å². The molecule has 0 bridgehead atoms. The number of carbonyl (C=O) groups excluding carboxylic acids is 2. The second-order valence-corrected chi connectivity index (χ2v) is 7.68. The van der Waals surface area contributed by atoms with Gasteiger partial charge >= 0.3 is 0 Å². The van der Waals surface area contributed by atoms with Gasteiger partial charge in [-0.3, -0.25) is 9.59 Å². The molecule has 1 saturated carbocycles. The average molecular weight is 370 g/mol. The quantitative estimate of drug-likeness (QED) is 0.634. The van der Waals surface area contributed by atoms with Gasteiger partial charge in [0, 0.05) is 16.5 Å². The van der Waals surface area contributed by atoms with Gasteiger partial charge < -0.3 is 10.1 Å². The minimum atomic E-state index is -0.436. The van der Waals surface area contributed by atoms with Gasteiger partial charge in [0.15, 0.2) is 5.78 Å². The van der Waals surface area contributed by atoms with E-state index >= 15 is 0 Å². The van der Waals surface area contributed by atoms with Crippen molar-refractivity contribution >= 4 is 39.8 Å². The fraction of sp³-hybridized carbons (Fsp3) is 0.333. The number of amides is 1. The third-order valence-electron chi connectivity index (χ3n) is 5.39. The van der Waals surface area contributed by atoms with Crippen LogP contribution in [-0.4, -0.2) is 23.2 Å². The van der Waals surface area contributed by atoms with Crippen molar-refractivity contribution in [3.8, 4) is 0 Å². The first-order valence-electron chi connectivity index (χ1n) is 8.87. The summed E-state index contributed by atoms with van der Waals surface area (Å²) in [7, 11) is 0. The van der Waals surface area contributed by atoms with E-state index in [0.717, 1.165) is 17.2 Å². The Morgan fingerprint density at radius 1 is 1.15 bits per heavy atom. The summed E-state index contributed by atoms with van der Waals surface area (Å²) in [6.07, 6.45) is 2.43. The Bertz CT molecular complexity index is 902. The smallest absolute Gasteiger partial charge is 0.262 e. The lowest BCUT2D eigenvalue weighted by atomic mass is 9.75. The van der Waals surface area contributed by atoms with E-state index in [2.05, 4.69) is 12.2 Å². The fourth-order valence-corrected chi connectivity index (χ4v) is 4.13. The summed E-state index contributed by atoms with van der Waals surface area (Å²) in [5.41, 5.74) is 0.744. The number of anilines is 1. The van der Waals surface area contributed by atoms with Gasteiger partial charge in [0.2, 0.25) is 0 Å². The number of carbonyl (C=O) groups is 2. The first-order chi connectivity index (χ1) is 12.5. The highest BCUT2D eigenvalue weighted by atomic mass is 35.5. The van der Waals surface area contributed by atoms with Crippen molar-refractivity contribution in [2.24, 2.45) is 11.8 Å². The fourth-order valence-electron chi connectivity index (χ4n) is 3.83. The SMILES string of the molecule is CC1CC2OC=C(C(=O)Nc3cccc4ccccc34)C(=O)C2CC1Cl. The normalized spacial score (nSPS) is 28.1. The molecule has 4 nitrogen and oxygen atoms in total. The van der Waals surface area contributed by atoms with Gasteiger partial charge in [0.05, 0.1) is 12.2 Å². The predicted molar refractivity (Wildman–Crippen MR) is 102 cm³/mol. The second kappa shape index (κ2) is 6.76. The van der Waals surface area contributed by atoms with E-state index in [1.165, 1.54) is 6.26 Å². The van der Waals surface area contributed by atoms with Gasteiger partial charge in [-0.15, -0.1) is 11.6 Å². The number of hydrogen-bond donors (Lipinski definition) is 1. The van der Waals surface area contributed by atoms with Crippen LogP contribution in [0, 0.1) is 11.8 Å². The molecule has 2 aromatic rings. The number of benzene rings is 2. The molecular weight excluding hydrogens is 350 g/mol. The third-order valence-corrected chi connectivity index (χ3v) is 6.00. The maximum atomic E-state index is 12.8. The van der Waals surface area contributed by atoms with Gasteiger partial charge in [-0.25, -0.2) is 0 Å². The van der Waals surface area contributed by atoms with Gasteiger partial charge in [-0.1, -0.05) is 43.3 Å². The molecule has 4 atom stereocenters. The molecule has 1 heterocycles. The molecule has 5 heteroatoms. The minimum absolute atomic E-state index is 0.0655. The van der Waals surface area contributed by atoms with Gasteiger partial charge in [0.25, 0.3) is 5.91 Å². The van der Waals surface area contributed by atoms with Crippen molar-refractivity contribution in [3.05, 3.63) is 54.3 Å². The van der Waals surface area contributed by atoms with Gasteiger partial charge in [-0.2, -0.15) is 0 Å². The number of Topliss-reactive ketones (excluding diaryl/α,β-unsaturated/α-hetero) is 1. The molecule has 26 heavy (non-hydrogen) atoms. The number of halogens is 1. The van der Waals surface area contributed by atoms with Crippen LogP contribution >= 0.6 is 11.6 Å². The number of alkyl halides is 1. The van der Waals surface area contributed by atoms with Crippen LogP contribution in [0.1, 0.15) is 19.8 Å². The molecule has 0 saturated heterocycles. The van der Waals surface area contributed by atoms with Gasteiger partial charge in [-0.05, 0) is 30.2 Å². The highest BCUT2D eigenvalue weighted by molar-refractivity contribution is 6.26. The zero-order valence-electron chi connectivity index (χ0n) is 14.4. The van der Waals surface area contributed by atoms with Crippen molar-refractivity contribution in [2.75, 3.05) is 5.32 Å². The zero-order chi connectivity index (χ0) is 18.3. The first kappa shape index (κ1) is 17.1. The summed E-state index contributed by atoms with van der Waals surface area (Å²) < 4.78 is 5.73. The van der Waals surface area contributed by atoms with Crippen LogP contribution in [0.5, 0.6) is 0 Å². The maximum absolute atomic E-state index is 12.8. The van der Waals surface area contributed by atoms with Crippen LogP contribution in [0.25, 0.3) is 10.8 Å². The Balaban J connectivity index is 1.57. The number of ether oxygens (including phenoxy) is 1. The number of fused-ring (bicyclic) bond motifs is 2. The molecule has 0 aromatic heterocycles. The van der Waals surface area contributed by atoms with Crippen molar-refractivity contribution in [1.29, 1.82) is 0 Å². The second-order valence-electron chi connectivity index (χ2n) is 7.12. The molecule has 1 amide bonds. The van der Waals surface area contributed by atoms with Crippen LogP contribution in [-0.2, 0) is 14.3 Å². The zero-order valence-corrected chi connectivity index (χ0v) is 15.2. The number of hydrogen-bond acceptors (Lipinski definition) is 3. The average Bonchev–Trinajstić information content (AvgIpc) is 2.64. The van der Waals surface area contributed by atoms with E-state index in [-0.39, 0.29) is 28.8 Å². The molecule has 0 spiro atoms. The molecule has 4 rings (SSSR count). The summed E-state index contributed by atoms with van der Waals surface area (Å²) >= 11 is 6.35. The van der Waals surface area contributed by atoms with E-state index in [1.54, 1.807) is 0 Å². The molecule has 4 unspecified atom stereocenters. The van der Waals surface area contributed by atoms with E-state index in [9.17, 15) is 9.59 Å². The predicted octanol–water partition coefficient (Wildman–Crippen LogP) is 4.28. The molecule has 0 radical (unpaired) electrons. The topological polar surface area (TPSA) is 55.4 Å². The molecule has 2 aliphatic rings. The minimum Gasteiger partial charge on any atom is -0.496 e. The lowest BCUT2D eigenvalue weighted by molar-refractivity contribution is -0.130. The van der Waals surface area contributed by atoms with E-state index in [1.807, 2.05) is 42.5 Å². The first-order valence-corrected chi connectivity index (χ1v) is 9.31. The van der Waals surface area contributed by atoms with Gasteiger partial charge in [0.1, 0.15) is 11.7 Å². The number of ketones is 1. The largest absolute Gasteiger partial charge is 0.496 e. The number of nitrogens with one attached hydrogen (secondary N) is 1. The van der Waals surface area contributed by atoms with Crippen LogP contribution in [0.3, 0.4) is 0 Å². The lowest BCUT2D eigenvalue weighted by Crippen LogP contribution is -2.44. The Hall–Kier alpha value is -2.33. The summed E-state index contributed by atoms with van der Waals surface area (Å²) in [6.45, 7) is 2.06. The lowest BCUT2D eigenvalue weighted by Gasteiger charge is -2.38.